The molecule has 0 spiro atoms. The van der Waals surface area contributed by atoms with Crippen molar-refractivity contribution in [2.24, 2.45) is 0 Å². The Bertz CT molecular complexity index is 638. The summed E-state index contributed by atoms with van der Waals surface area (Å²) in [5.74, 6) is 2.04. The first kappa shape index (κ1) is 17.2. The zero-order valence-corrected chi connectivity index (χ0v) is 13.7. The van der Waals surface area contributed by atoms with E-state index >= 15 is 0 Å². The Morgan fingerprint density at radius 2 is 2.17 bits per heavy atom. The van der Waals surface area contributed by atoms with Gasteiger partial charge in [-0.2, -0.15) is 5.10 Å². The molecule has 0 bridgehead atoms. The lowest BCUT2D eigenvalue weighted by molar-refractivity contribution is -0.122. The zero-order valence-electron chi connectivity index (χ0n) is 12.8. The number of amides is 1. The van der Waals surface area contributed by atoms with Crippen LogP contribution in [0.2, 0.25) is 0 Å². The summed E-state index contributed by atoms with van der Waals surface area (Å²) >= 11 is 0. The molecule has 1 fully saturated rings. The number of nitrogens with one attached hydrogen (secondary N) is 3. The number of methoxy groups -OCH3 is 1. The third-order valence-electron chi connectivity index (χ3n) is 3.69. The van der Waals surface area contributed by atoms with E-state index < -0.39 is 0 Å². The van der Waals surface area contributed by atoms with Gasteiger partial charge in [0, 0.05) is 5.56 Å². The van der Waals surface area contributed by atoms with E-state index in [1.807, 2.05) is 24.3 Å². The van der Waals surface area contributed by atoms with Gasteiger partial charge in [-0.3, -0.25) is 9.89 Å². The minimum atomic E-state index is -0.0796. The number of nitrogens with zero attached hydrogens (tertiary/aromatic N) is 2. The van der Waals surface area contributed by atoms with Crippen molar-refractivity contribution in [1.29, 1.82) is 0 Å². The predicted octanol–water partition coefficient (Wildman–Crippen LogP) is 1.27. The minimum Gasteiger partial charge on any atom is -0.497 e. The number of hydrogen-bond donors (Lipinski definition) is 3. The van der Waals surface area contributed by atoms with Crippen molar-refractivity contribution in [2.45, 2.75) is 25.4 Å². The van der Waals surface area contributed by atoms with E-state index in [1.54, 1.807) is 7.11 Å². The molecule has 1 unspecified atom stereocenters. The number of carbonyl (C=O) groups excluding carboxylic acids is 1. The Balaban J connectivity index is 0.00000192. The van der Waals surface area contributed by atoms with Gasteiger partial charge in [0.1, 0.15) is 11.6 Å². The molecule has 1 saturated heterocycles. The number of benzene rings is 1. The molecule has 0 radical (unpaired) electrons. The van der Waals surface area contributed by atoms with Crippen LogP contribution in [0.1, 0.15) is 18.7 Å². The van der Waals surface area contributed by atoms with E-state index in [9.17, 15) is 4.79 Å². The third kappa shape index (κ3) is 4.20. The fraction of sp³-hybridized carbons (Fsp3) is 0.400. The van der Waals surface area contributed by atoms with Gasteiger partial charge in [0.25, 0.3) is 0 Å². The van der Waals surface area contributed by atoms with Gasteiger partial charge in [-0.15, -0.1) is 12.4 Å². The Hall–Kier alpha value is -2.12. The van der Waals surface area contributed by atoms with Crippen LogP contribution in [0.5, 0.6) is 5.75 Å². The van der Waals surface area contributed by atoms with Crippen LogP contribution in [0.15, 0.2) is 24.3 Å². The fourth-order valence-electron chi connectivity index (χ4n) is 2.45. The number of aromatic amines is 1. The Kier molecular flexibility index (Phi) is 5.95. The van der Waals surface area contributed by atoms with Crippen molar-refractivity contribution < 1.29 is 9.53 Å². The van der Waals surface area contributed by atoms with Crippen LogP contribution in [0.4, 0.5) is 0 Å². The van der Waals surface area contributed by atoms with Crippen LogP contribution in [0.25, 0.3) is 11.4 Å². The van der Waals surface area contributed by atoms with Crippen molar-refractivity contribution in [3.05, 3.63) is 30.1 Å². The number of aromatic nitrogens is 3. The summed E-state index contributed by atoms with van der Waals surface area (Å²) in [5.41, 5.74) is 0.895. The molecule has 0 saturated carbocycles. The molecule has 1 aromatic carbocycles. The first-order valence-electron chi connectivity index (χ1n) is 7.33. The van der Waals surface area contributed by atoms with Gasteiger partial charge in [0.05, 0.1) is 19.7 Å². The number of ether oxygens (including phenoxy) is 1. The van der Waals surface area contributed by atoms with Crippen LogP contribution in [0, 0.1) is 0 Å². The normalized spacial score (nSPS) is 16.7. The summed E-state index contributed by atoms with van der Waals surface area (Å²) in [5, 5.41) is 13.1. The molecule has 1 amide bonds. The molecule has 1 aliphatic heterocycles. The van der Waals surface area contributed by atoms with Gasteiger partial charge >= 0.3 is 0 Å². The summed E-state index contributed by atoms with van der Waals surface area (Å²) in [4.78, 5) is 16.3. The maximum atomic E-state index is 11.9. The average molecular weight is 338 g/mol. The molecule has 1 aliphatic rings. The number of H-pyrrole nitrogens is 1. The maximum absolute atomic E-state index is 11.9. The Morgan fingerprint density at radius 3 is 2.83 bits per heavy atom. The van der Waals surface area contributed by atoms with Gasteiger partial charge < -0.3 is 15.4 Å². The number of hydrogen-bond acceptors (Lipinski definition) is 5. The van der Waals surface area contributed by atoms with Gasteiger partial charge in [-0.1, -0.05) is 0 Å². The van der Waals surface area contributed by atoms with Crippen LogP contribution in [-0.2, 0) is 11.3 Å². The zero-order chi connectivity index (χ0) is 15.4. The predicted molar refractivity (Wildman–Crippen MR) is 88.5 cm³/mol. The highest BCUT2D eigenvalue weighted by Gasteiger charge is 2.21. The molecule has 23 heavy (non-hydrogen) atoms. The van der Waals surface area contributed by atoms with Gasteiger partial charge in [-0.05, 0) is 43.7 Å². The molecule has 124 valence electrons. The molecule has 2 aromatic rings. The summed E-state index contributed by atoms with van der Waals surface area (Å²) in [7, 11) is 1.63. The first-order chi connectivity index (χ1) is 10.8. The van der Waals surface area contributed by atoms with Gasteiger partial charge in [0.2, 0.25) is 5.91 Å². The lowest BCUT2D eigenvalue weighted by Gasteiger charge is -2.09. The first-order valence-corrected chi connectivity index (χ1v) is 7.33. The third-order valence-corrected chi connectivity index (χ3v) is 3.69. The fourth-order valence-corrected chi connectivity index (χ4v) is 2.45. The largest absolute Gasteiger partial charge is 0.497 e. The van der Waals surface area contributed by atoms with Crippen molar-refractivity contribution in [3.63, 3.8) is 0 Å². The second-order valence-electron chi connectivity index (χ2n) is 5.20. The van der Waals surface area contributed by atoms with Crippen LogP contribution >= 0.6 is 12.4 Å². The van der Waals surface area contributed by atoms with E-state index in [-0.39, 0.29) is 24.4 Å². The highest BCUT2D eigenvalue weighted by Crippen LogP contribution is 2.18. The van der Waals surface area contributed by atoms with Crippen molar-refractivity contribution in [2.75, 3.05) is 13.7 Å². The second-order valence-corrected chi connectivity index (χ2v) is 5.20. The lowest BCUT2D eigenvalue weighted by Crippen LogP contribution is -2.40. The average Bonchev–Trinajstić information content (AvgIpc) is 3.24. The van der Waals surface area contributed by atoms with Crippen LogP contribution in [-0.4, -0.2) is 40.8 Å². The number of rotatable bonds is 5. The molecular formula is C15H20ClN5O2. The summed E-state index contributed by atoms with van der Waals surface area (Å²) in [6.45, 7) is 1.25. The molecule has 2 heterocycles. The molecule has 7 nitrogen and oxygen atoms in total. The van der Waals surface area contributed by atoms with Crippen LogP contribution < -0.4 is 15.4 Å². The maximum Gasteiger partial charge on any atom is 0.237 e. The smallest absolute Gasteiger partial charge is 0.237 e. The number of halogens is 1. The van der Waals surface area contributed by atoms with Crippen LogP contribution in [0.3, 0.4) is 0 Å². The summed E-state index contributed by atoms with van der Waals surface area (Å²) < 4.78 is 5.12. The number of carbonyl (C=O) groups is 1. The van der Waals surface area contributed by atoms with E-state index in [4.69, 9.17) is 4.74 Å². The molecule has 3 rings (SSSR count). The van der Waals surface area contributed by atoms with E-state index in [0.29, 0.717) is 18.2 Å². The summed E-state index contributed by atoms with van der Waals surface area (Å²) in [6.07, 6.45) is 1.93. The minimum absolute atomic E-state index is 0. The second kappa shape index (κ2) is 7.94. The summed E-state index contributed by atoms with van der Waals surface area (Å²) in [6, 6.07) is 7.43. The van der Waals surface area contributed by atoms with E-state index in [1.165, 1.54) is 0 Å². The molecule has 8 heteroatoms. The highest BCUT2D eigenvalue weighted by atomic mass is 35.5. The van der Waals surface area contributed by atoms with E-state index in [2.05, 4.69) is 25.8 Å². The standard InChI is InChI=1S/C15H19N5O2.ClH/c1-22-11-6-4-10(5-7-11)14-18-13(19-20-14)9-17-15(21)12-3-2-8-16-12;/h4-7,12,16H,2-3,8-9H2,1H3,(H,17,21)(H,18,19,20);1H. The van der Waals surface area contributed by atoms with Crippen molar-refractivity contribution in [1.82, 2.24) is 25.8 Å². The topological polar surface area (TPSA) is 91.9 Å². The molecular weight excluding hydrogens is 318 g/mol. The lowest BCUT2D eigenvalue weighted by atomic mass is 10.2. The van der Waals surface area contributed by atoms with Crippen molar-refractivity contribution >= 4 is 18.3 Å². The monoisotopic (exact) mass is 337 g/mol. The van der Waals surface area contributed by atoms with Gasteiger partial charge in [-0.25, -0.2) is 4.98 Å². The quantitative estimate of drug-likeness (QED) is 0.764. The van der Waals surface area contributed by atoms with Gasteiger partial charge in [0.15, 0.2) is 5.82 Å². The Labute approximate surface area is 140 Å². The van der Waals surface area contributed by atoms with E-state index in [0.717, 1.165) is 30.7 Å². The molecule has 1 aromatic heterocycles. The molecule has 3 N–H and O–H groups in total. The Morgan fingerprint density at radius 1 is 1.39 bits per heavy atom. The molecule has 0 aliphatic carbocycles. The molecule has 1 atom stereocenters. The SMILES string of the molecule is COc1ccc(-c2n[nH]c(CNC(=O)C3CCCN3)n2)cc1.Cl. The highest BCUT2D eigenvalue weighted by molar-refractivity contribution is 5.85. The van der Waals surface area contributed by atoms with Crippen molar-refractivity contribution in [3.8, 4) is 17.1 Å².